The summed E-state index contributed by atoms with van der Waals surface area (Å²) in [5.41, 5.74) is 0.510. The summed E-state index contributed by atoms with van der Waals surface area (Å²) < 4.78 is 0. The molecule has 3 rings (SSSR count). The Morgan fingerprint density at radius 3 is 2.67 bits per heavy atom. The van der Waals surface area contributed by atoms with E-state index in [2.05, 4.69) is 17.1 Å². The third-order valence-corrected chi connectivity index (χ3v) is 5.80. The van der Waals surface area contributed by atoms with Crippen LogP contribution in [0.4, 0.5) is 0 Å². The second-order valence-corrected chi connectivity index (χ2v) is 7.17. The molecule has 3 aliphatic rings. The molecule has 2 saturated carbocycles. The van der Waals surface area contributed by atoms with Crippen molar-refractivity contribution in [1.29, 1.82) is 0 Å². The van der Waals surface area contributed by atoms with Crippen molar-refractivity contribution >= 4 is 0 Å². The van der Waals surface area contributed by atoms with Crippen molar-refractivity contribution in [1.82, 2.24) is 10.2 Å². The van der Waals surface area contributed by atoms with Gasteiger partial charge in [-0.1, -0.05) is 39.0 Å². The van der Waals surface area contributed by atoms with E-state index in [4.69, 9.17) is 0 Å². The molecule has 3 fully saturated rings. The van der Waals surface area contributed by atoms with E-state index in [1.54, 1.807) is 0 Å². The predicted octanol–water partition coefficient (Wildman–Crippen LogP) is 3.03. The molecule has 1 aliphatic heterocycles. The summed E-state index contributed by atoms with van der Waals surface area (Å²) in [5, 5.41) is 3.83. The Bertz CT molecular complexity index is 270. The first kappa shape index (κ1) is 12.9. The third kappa shape index (κ3) is 2.75. The maximum Gasteiger partial charge on any atom is 0.0309 e. The van der Waals surface area contributed by atoms with Crippen LogP contribution >= 0.6 is 0 Å². The van der Waals surface area contributed by atoms with Gasteiger partial charge in [0.2, 0.25) is 0 Å². The minimum atomic E-state index is 0.510. The van der Waals surface area contributed by atoms with Crippen LogP contribution in [-0.4, -0.2) is 36.6 Å². The van der Waals surface area contributed by atoms with Crippen molar-refractivity contribution in [2.24, 2.45) is 11.8 Å². The molecule has 2 aliphatic carbocycles. The fourth-order valence-corrected chi connectivity index (χ4v) is 4.58. The van der Waals surface area contributed by atoms with Crippen LogP contribution in [-0.2, 0) is 0 Å². The van der Waals surface area contributed by atoms with Crippen LogP contribution in [0.3, 0.4) is 0 Å². The highest BCUT2D eigenvalue weighted by Gasteiger charge is 2.38. The highest BCUT2D eigenvalue weighted by atomic mass is 15.2. The highest BCUT2D eigenvalue weighted by Crippen LogP contribution is 2.34. The summed E-state index contributed by atoms with van der Waals surface area (Å²) in [6, 6.07) is 0. The van der Waals surface area contributed by atoms with E-state index in [1.165, 1.54) is 77.5 Å². The molecule has 18 heavy (non-hydrogen) atoms. The molecule has 2 nitrogen and oxygen atoms in total. The first-order valence-electron chi connectivity index (χ1n) is 8.25. The zero-order chi connectivity index (χ0) is 12.4. The lowest BCUT2D eigenvalue weighted by atomic mass is 9.80. The fraction of sp³-hybridized carbons (Fsp3) is 1.00. The van der Waals surface area contributed by atoms with Gasteiger partial charge in [0.1, 0.15) is 0 Å². The number of rotatable bonds is 2. The van der Waals surface area contributed by atoms with Crippen molar-refractivity contribution < 1.29 is 0 Å². The van der Waals surface area contributed by atoms with Gasteiger partial charge in [-0.25, -0.2) is 0 Å². The number of nitrogens with zero attached hydrogens (tertiary/aromatic N) is 1. The van der Waals surface area contributed by atoms with Gasteiger partial charge in [-0.15, -0.1) is 0 Å². The largest absolute Gasteiger partial charge is 0.309 e. The van der Waals surface area contributed by atoms with Gasteiger partial charge in [-0.2, -0.15) is 0 Å². The quantitative estimate of drug-likeness (QED) is 0.810. The molecule has 0 radical (unpaired) electrons. The number of hydrogen-bond acceptors (Lipinski definition) is 2. The van der Waals surface area contributed by atoms with E-state index in [0.717, 1.165) is 11.8 Å². The van der Waals surface area contributed by atoms with E-state index >= 15 is 0 Å². The van der Waals surface area contributed by atoms with E-state index in [1.807, 2.05) is 0 Å². The standard InChI is InChI=1S/C16H30N2/c1-14-6-2-3-7-15(14)12-18-11-10-17-16(13-18)8-4-5-9-16/h14-15,17H,2-13H2,1H3. The minimum absolute atomic E-state index is 0.510. The summed E-state index contributed by atoms with van der Waals surface area (Å²) in [4.78, 5) is 2.79. The summed E-state index contributed by atoms with van der Waals surface area (Å²) >= 11 is 0. The summed E-state index contributed by atoms with van der Waals surface area (Å²) in [5.74, 6) is 1.95. The van der Waals surface area contributed by atoms with Gasteiger partial charge < -0.3 is 5.32 Å². The molecule has 2 unspecified atom stereocenters. The Morgan fingerprint density at radius 1 is 1.11 bits per heavy atom. The maximum absolute atomic E-state index is 3.83. The second-order valence-electron chi connectivity index (χ2n) is 7.17. The number of hydrogen-bond donors (Lipinski definition) is 1. The Balaban J connectivity index is 1.55. The Kier molecular flexibility index (Phi) is 3.95. The van der Waals surface area contributed by atoms with Crippen molar-refractivity contribution in [2.75, 3.05) is 26.2 Å². The predicted molar refractivity (Wildman–Crippen MR) is 76.8 cm³/mol. The highest BCUT2D eigenvalue weighted by molar-refractivity contribution is 4.98. The molecule has 104 valence electrons. The zero-order valence-corrected chi connectivity index (χ0v) is 12.1. The lowest BCUT2D eigenvalue weighted by Gasteiger charge is -2.44. The van der Waals surface area contributed by atoms with E-state index in [9.17, 15) is 0 Å². The van der Waals surface area contributed by atoms with Crippen molar-refractivity contribution in [3.63, 3.8) is 0 Å². The molecule has 0 aromatic heterocycles. The van der Waals surface area contributed by atoms with Crippen LogP contribution in [0, 0.1) is 11.8 Å². The molecule has 1 spiro atoms. The molecule has 2 atom stereocenters. The molecule has 2 heteroatoms. The van der Waals surface area contributed by atoms with Crippen molar-refractivity contribution in [3.8, 4) is 0 Å². The molecule has 1 heterocycles. The topological polar surface area (TPSA) is 15.3 Å². The second kappa shape index (κ2) is 5.50. The zero-order valence-electron chi connectivity index (χ0n) is 12.1. The van der Waals surface area contributed by atoms with Gasteiger partial charge in [0, 0.05) is 31.7 Å². The number of nitrogens with one attached hydrogen (secondary N) is 1. The maximum atomic E-state index is 3.83. The lowest BCUT2D eigenvalue weighted by Crippen LogP contribution is -2.59. The van der Waals surface area contributed by atoms with Crippen LogP contribution in [0.1, 0.15) is 58.3 Å². The van der Waals surface area contributed by atoms with Gasteiger partial charge in [-0.05, 0) is 31.1 Å². The first-order chi connectivity index (χ1) is 8.77. The van der Waals surface area contributed by atoms with Crippen molar-refractivity contribution in [3.05, 3.63) is 0 Å². The average molecular weight is 250 g/mol. The molecular weight excluding hydrogens is 220 g/mol. The van der Waals surface area contributed by atoms with Crippen molar-refractivity contribution in [2.45, 2.75) is 63.8 Å². The first-order valence-corrected chi connectivity index (χ1v) is 8.25. The molecule has 1 N–H and O–H groups in total. The monoisotopic (exact) mass is 250 g/mol. The average Bonchev–Trinajstić information content (AvgIpc) is 2.80. The molecule has 0 bridgehead atoms. The van der Waals surface area contributed by atoms with Gasteiger partial charge in [0.05, 0.1) is 0 Å². The van der Waals surface area contributed by atoms with Crippen LogP contribution in [0.5, 0.6) is 0 Å². The van der Waals surface area contributed by atoms with Crippen LogP contribution in [0.15, 0.2) is 0 Å². The van der Waals surface area contributed by atoms with Crippen LogP contribution in [0.2, 0.25) is 0 Å². The summed E-state index contributed by atoms with van der Waals surface area (Å²) in [7, 11) is 0. The van der Waals surface area contributed by atoms with Gasteiger partial charge in [0.25, 0.3) is 0 Å². The Hall–Kier alpha value is -0.0800. The Morgan fingerprint density at radius 2 is 1.89 bits per heavy atom. The van der Waals surface area contributed by atoms with E-state index in [0.29, 0.717) is 5.54 Å². The molecule has 0 amide bonds. The van der Waals surface area contributed by atoms with Gasteiger partial charge in [-0.3, -0.25) is 4.90 Å². The van der Waals surface area contributed by atoms with Crippen LogP contribution < -0.4 is 5.32 Å². The summed E-state index contributed by atoms with van der Waals surface area (Å²) in [6.45, 7) is 7.70. The molecule has 1 saturated heterocycles. The summed E-state index contributed by atoms with van der Waals surface area (Å²) in [6.07, 6.45) is 11.6. The third-order valence-electron chi connectivity index (χ3n) is 5.80. The van der Waals surface area contributed by atoms with E-state index < -0.39 is 0 Å². The minimum Gasteiger partial charge on any atom is -0.309 e. The van der Waals surface area contributed by atoms with E-state index in [-0.39, 0.29) is 0 Å². The SMILES string of the molecule is CC1CCCCC1CN1CCNC2(CCCC2)C1. The normalized spacial score (nSPS) is 37.2. The fourth-order valence-electron chi connectivity index (χ4n) is 4.58. The smallest absolute Gasteiger partial charge is 0.0309 e. The van der Waals surface area contributed by atoms with Gasteiger partial charge >= 0.3 is 0 Å². The Labute approximate surface area is 113 Å². The van der Waals surface area contributed by atoms with Gasteiger partial charge in [0.15, 0.2) is 0 Å². The molecule has 0 aromatic carbocycles. The van der Waals surface area contributed by atoms with Crippen LogP contribution in [0.25, 0.3) is 0 Å². The number of piperazine rings is 1. The molecule has 0 aromatic rings. The lowest BCUT2D eigenvalue weighted by molar-refractivity contribution is 0.0933. The molecular formula is C16H30N2.